The van der Waals surface area contributed by atoms with Gasteiger partial charge in [-0.25, -0.2) is 0 Å². The van der Waals surface area contributed by atoms with Gasteiger partial charge in [0.2, 0.25) is 0 Å². The van der Waals surface area contributed by atoms with Crippen LogP contribution in [-0.4, -0.2) is 35.8 Å². The quantitative estimate of drug-likeness (QED) is 0.823. The van der Waals surface area contributed by atoms with Gasteiger partial charge in [0, 0.05) is 19.6 Å². The van der Waals surface area contributed by atoms with Crippen LogP contribution in [0.5, 0.6) is 5.75 Å². The van der Waals surface area contributed by atoms with Crippen LogP contribution in [-0.2, 0) is 13.0 Å². The van der Waals surface area contributed by atoms with E-state index in [4.69, 9.17) is 4.74 Å². The average Bonchev–Trinajstić information content (AvgIpc) is 2.73. The lowest BCUT2D eigenvalue weighted by atomic mass is 9.94. The normalized spacial score (nSPS) is 18.5. The molecule has 0 radical (unpaired) electrons. The Kier molecular flexibility index (Phi) is 5.90. The van der Waals surface area contributed by atoms with E-state index >= 15 is 0 Å². The predicted molar refractivity (Wildman–Crippen MR) is 110 cm³/mol. The summed E-state index contributed by atoms with van der Waals surface area (Å²) >= 11 is 0. The Labute approximate surface area is 162 Å². The van der Waals surface area contributed by atoms with Crippen molar-refractivity contribution in [3.05, 3.63) is 71.3 Å². The zero-order valence-corrected chi connectivity index (χ0v) is 15.9. The Balaban J connectivity index is 1.29. The summed E-state index contributed by atoms with van der Waals surface area (Å²) in [6.07, 6.45) is 7.84. The summed E-state index contributed by atoms with van der Waals surface area (Å²) in [7, 11) is 0. The van der Waals surface area contributed by atoms with E-state index in [0.717, 1.165) is 31.7 Å². The number of aliphatic hydroxyl groups is 1. The lowest BCUT2D eigenvalue weighted by Gasteiger charge is -2.30. The number of β-amino-alcohol motifs (C(OH)–C–C–N with tert-alkyl or cyclic N) is 1. The zero-order chi connectivity index (χ0) is 18.5. The van der Waals surface area contributed by atoms with Crippen LogP contribution in [0.3, 0.4) is 0 Å². The van der Waals surface area contributed by atoms with E-state index in [1.165, 1.54) is 41.5 Å². The van der Waals surface area contributed by atoms with Crippen LogP contribution in [0, 0.1) is 0 Å². The van der Waals surface area contributed by atoms with E-state index < -0.39 is 6.10 Å². The highest BCUT2D eigenvalue weighted by atomic mass is 16.5. The molecule has 2 aromatic carbocycles. The number of benzene rings is 2. The highest BCUT2D eigenvalue weighted by molar-refractivity contribution is 5.67. The van der Waals surface area contributed by atoms with Gasteiger partial charge in [-0.05, 0) is 66.5 Å². The summed E-state index contributed by atoms with van der Waals surface area (Å²) in [5.74, 6) is 0.849. The van der Waals surface area contributed by atoms with Crippen LogP contribution in [0.15, 0.2) is 54.6 Å². The highest BCUT2D eigenvalue weighted by Gasteiger charge is 2.18. The minimum Gasteiger partial charge on any atom is -0.491 e. The van der Waals surface area contributed by atoms with E-state index in [0.29, 0.717) is 13.2 Å². The van der Waals surface area contributed by atoms with Crippen LogP contribution in [0.1, 0.15) is 42.4 Å². The summed E-state index contributed by atoms with van der Waals surface area (Å²) < 4.78 is 5.91. The number of hydrogen-bond acceptors (Lipinski definition) is 3. The molecule has 1 atom stereocenters. The zero-order valence-electron chi connectivity index (χ0n) is 15.9. The first-order valence-corrected chi connectivity index (χ1v) is 10.2. The van der Waals surface area contributed by atoms with Crippen molar-refractivity contribution in [1.29, 1.82) is 0 Å². The van der Waals surface area contributed by atoms with E-state index in [2.05, 4.69) is 47.4 Å². The van der Waals surface area contributed by atoms with Crippen molar-refractivity contribution in [2.24, 2.45) is 0 Å². The third-order valence-electron chi connectivity index (χ3n) is 5.62. The van der Waals surface area contributed by atoms with Gasteiger partial charge in [-0.2, -0.15) is 0 Å². The van der Waals surface area contributed by atoms with Gasteiger partial charge in [0.05, 0.1) is 0 Å². The van der Waals surface area contributed by atoms with Crippen molar-refractivity contribution < 1.29 is 9.84 Å². The fraction of sp³-hybridized carbons (Fsp3) is 0.417. The molecule has 3 nitrogen and oxygen atoms in total. The van der Waals surface area contributed by atoms with Gasteiger partial charge < -0.3 is 9.84 Å². The molecule has 0 fully saturated rings. The number of nitrogens with zero attached hydrogens (tertiary/aromatic N) is 1. The number of fused-ring (bicyclic) bond motifs is 1. The van der Waals surface area contributed by atoms with Crippen molar-refractivity contribution in [3.63, 3.8) is 0 Å². The molecule has 0 aromatic heterocycles. The Morgan fingerprint density at radius 3 is 2.74 bits per heavy atom. The monoisotopic (exact) mass is 363 g/mol. The molecule has 1 aliphatic heterocycles. The topological polar surface area (TPSA) is 32.7 Å². The van der Waals surface area contributed by atoms with Crippen molar-refractivity contribution in [3.8, 4) is 5.75 Å². The van der Waals surface area contributed by atoms with Crippen molar-refractivity contribution in [2.45, 2.75) is 44.8 Å². The molecule has 0 saturated carbocycles. The van der Waals surface area contributed by atoms with Crippen molar-refractivity contribution in [1.82, 2.24) is 4.90 Å². The van der Waals surface area contributed by atoms with Crippen LogP contribution >= 0.6 is 0 Å². The molecule has 1 heterocycles. The second kappa shape index (κ2) is 8.73. The van der Waals surface area contributed by atoms with Crippen LogP contribution in [0.25, 0.3) is 5.57 Å². The third-order valence-corrected chi connectivity index (χ3v) is 5.62. The molecule has 2 aliphatic rings. The Bertz CT molecular complexity index is 798. The molecule has 142 valence electrons. The predicted octanol–water partition coefficient (Wildman–Crippen LogP) is 4.44. The van der Waals surface area contributed by atoms with Crippen LogP contribution in [0.2, 0.25) is 0 Å². The fourth-order valence-electron chi connectivity index (χ4n) is 4.14. The fourth-order valence-corrected chi connectivity index (χ4v) is 4.14. The molecule has 27 heavy (non-hydrogen) atoms. The summed E-state index contributed by atoms with van der Waals surface area (Å²) in [4.78, 5) is 2.32. The van der Waals surface area contributed by atoms with Gasteiger partial charge in [0.25, 0.3) is 0 Å². The molecule has 3 heteroatoms. The van der Waals surface area contributed by atoms with E-state index in [1.807, 2.05) is 12.1 Å². The van der Waals surface area contributed by atoms with Crippen LogP contribution in [0.4, 0.5) is 0 Å². The Morgan fingerprint density at radius 1 is 1.00 bits per heavy atom. The van der Waals surface area contributed by atoms with E-state index in [1.54, 1.807) is 0 Å². The number of aliphatic hydroxyl groups excluding tert-OH is 1. The first-order chi connectivity index (χ1) is 13.3. The standard InChI is InChI=1S/C24H29NO2/c26-23(17-25-14-13-20-9-4-5-10-22(20)16-25)18-27-24-12-6-11-21(15-24)19-7-2-1-3-8-19/h4-7,9-12,15,23,26H,1-3,8,13-14,16-18H2. The summed E-state index contributed by atoms with van der Waals surface area (Å²) in [5.41, 5.74) is 5.51. The van der Waals surface area contributed by atoms with Gasteiger partial charge in [-0.3, -0.25) is 4.90 Å². The summed E-state index contributed by atoms with van der Waals surface area (Å²) in [6.45, 7) is 2.90. The van der Waals surface area contributed by atoms with Gasteiger partial charge in [0.15, 0.2) is 0 Å². The van der Waals surface area contributed by atoms with Crippen molar-refractivity contribution in [2.75, 3.05) is 19.7 Å². The summed E-state index contributed by atoms with van der Waals surface area (Å²) in [6, 6.07) is 16.9. The second-order valence-electron chi connectivity index (χ2n) is 7.72. The lowest BCUT2D eigenvalue weighted by Crippen LogP contribution is -2.38. The molecule has 1 unspecified atom stereocenters. The molecule has 0 saturated heterocycles. The smallest absolute Gasteiger partial charge is 0.120 e. The first kappa shape index (κ1) is 18.3. The molecule has 0 spiro atoms. The van der Waals surface area contributed by atoms with Gasteiger partial charge in [-0.1, -0.05) is 42.5 Å². The summed E-state index contributed by atoms with van der Waals surface area (Å²) in [5, 5.41) is 10.5. The molecule has 1 aliphatic carbocycles. The average molecular weight is 364 g/mol. The maximum Gasteiger partial charge on any atom is 0.120 e. The number of ether oxygens (including phenoxy) is 1. The second-order valence-corrected chi connectivity index (χ2v) is 7.72. The Hall–Kier alpha value is -2.10. The van der Waals surface area contributed by atoms with Crippen molar-refractivity contribution >= 4 is 5.57 Å². The molecular weight excluding hydrogens is 334 g/mol. The minimum absolute atomic E-state index is 0.334. The maximum atomic E-state index is 10.5. The molecule has 1 N–H and O–H groups in total. The third kappa shape index (κ3) is 4.79. The molecule has 0 bridgehead atoms. The molecule has 0 amide bonds. The van der Waals surface area contributed by atoms with Crippen LogP contribution < -0.4 is 4.74 Å². The molecule has 4 rings (SSSR count). The highest BCUT2D eigenvalue weighted by Crippen LogP contribution is 2.28. The number of allylic oxidation sites excluding steroid dienone is 2. The SMILES string of the molecule is OC(COc1cccc(C2=CCCCC2)c1)CN1CCc2ccccc2C1. The van der Waals surface area contributed by atoms with Gasteiger partial charge in [-0.15, -0.1) is 0 Å². The lowest BCUT2D eigenvalue weighted by molar-refractivity contribution is 0.0638. The largest absolute Gasteiger partial charge is 0.491 e. The minimum atomic E-state index is -0.479. The number of rotatable bonds is 6. The van der Waals surface area contributed by atoms with E-state index in [9.17, 15) is 5.11 Å². The molecule has 2 aromatic rings. The molecular formula is C24H29NO2. The van der Waals surface area contributed by atoms with Gasteiger partial charge >= 0.3 is 0 Å². The first-order valence-electron chi connectivity index (χ1n) is 10.2. The van der Waals surface area contributed by atoms with Gasteiger partial charge in [0.1, 0.15) is 18.5 Å². The number of hydrogen-bond donors (Lipinski definition) is 1. The maximum absolute atomic E-state index is 10.5. The van der Waals surface area contributed by atoms with E-state index in [-0.39, 0.29) is 0 Å². The Morgan fingerprint density at radius 2 is 1.89 bits per heavy atom.